The summed E-state index contributed by atoms with van der Waals surface area (Å²) in [7, 11) is 1.66. The minimum absolute atomic E-state index is 0.0714. The lowest BCUT2D eigenvalue weighted by atomic mass is 9.81. The minimum Gasteiger partial charge on any atom is -0.497 e. The third-order valence-electron chi connectivity index (χ3n) is 5.41. The number of methoxy groups -OCH3 is 1. The van der Waals surface area contributed by atoms with Crippen LogP contribution in [0.25, 0.3) is 10.4 Å². The van der Waals surface area contributed by atoms with Crippen LogP contribution in [0.5, 0.6) is 5.75 Å². The lowest BCUT2D eigenvalue weighted by molar-refractivity contribution is -0.124. The highest BCUT2D eigenvalue weighted by molar-refractivity contribution is 7.15. The molecule has 0 saturated carbocycles. The number of rotatable bonds is 6. The lowest BCUT2D eigenvalue weighted by Crippen LogP contribution is -2.35. The number of thiophene rings is 1. The molecule has 0 aliphatic carbocycles. The van der Waals surface area contributed by atoms with E-state index in [9.17, 15) is 4.79 Å². The monoisotopic (exact) mass is 404 g/mol. The van der Waals surface area contributed by atoms with Crippen molar-refractivity contribution in [3.05, 3.63) is 77.2 Å². The number of ether oxygens (including phenoxy) is 1. The maximum Gasteiger partial charge on any atom is 0.180 e. The van der Waals surface area contributed by atoms with Gasteiger partial charge in [-0.3, -0.25) is 4.79 Å². The van der Waals surface area contributed by atoms with Gasteiger partial charge in [-0.25, -0.2) is 4.99 Å². The molecule has 2 atom stereocenters. The molecule has 0 saturated heterocycles. The largest absolute Gasteiger partial charge is 0.497 e. The number of ketones is 1. The molecule has 2 unspecified atom stereocenters. The van der Waals surface area contributed by atoms with Crippen LogP contribution in [0.4, 0.5) is 0 Å². The molecule has 1 aliphatic rings. The van der Waals surface area contributed by atoms with Gasteiger partial charge in [0.2, 0.25) is 0 Å². The fraction of sp³-hybridized carbons (Fsp3) is 0.250. The molecular weight excluding hydrogens is 380 g/mol. The number of amidine groups is 1. The normalized spacial score (nSPS) is 21.2. The first-order valence-electron chi connectivity index (χ1n) is 9.80. The number of aliphatic imine (C=N–C) groups is 1. The van der Waals surface area contributed by atoms with E-state index < -0.39 is 5.54 Å². The van der Waals surface area contributed by atoms with Crippen LogP contribution in [0.2, 0.25) is 0 Å². The number of carbonyl (C=O) groups is 1. The summed E-state index contributed by atoms with van der Waals surface area (Å²) in [5.41, 5.74) is 7.13. The maximum atomic E-state index is 13.7. The number of nitrogens with zero attached hydrogens (tertiary/aromatic N) is 1. The highest BCUT2D eigenvalue weighted by Gasteiger charge is 2.51. The molecule has 2 aromatic carbocycles. The van der Waals surface area contributed by atoms with E-state index in [2.05, 4.69) is 6.92 Å². The average molecular weight is 405 g/mol. The fourth-order valence-corrected chi connectivity index (χ4v) is 5.12. The standard InChI is InChI=1S/C24H24N2O2S/c1-3-8-19-22(27)24(26-23(19)25,17-10-5-4-6-11-17)21-14-13-20(29-21)16-9-7-12-18(15-16)28-2/h4-7,9-15,19H,3,8H2,1-2H3,(H2,25,26). The van der Waals surface area contributed by atoms with E-state index in [0.717, 1.165) is 39.5 Å². The molecule has 1 aliphatic heterocycles. The first-order chi connectivity index (χ1) is 14.1. The van der Waals surface area contributed by atoms with Crippen molar-refractivity contribution in [2.24, 2.45) is 16.6 Å². The predicted octanol–water partition coefficient (Wildman–Crippen LogP) is 5.02. The van der Waals surface area contributed by atoms with Crippen molar-refractivity contribution in [3.8, 4) is 16.2 Å². The van der Waals surface area contributed by atoms with Gasteiger partial charge in [0.1, 0.15) is 11.6 Å². The summed E-state index contributed by atoms with van der Waals surface area (Å²) in [6.07, 6.45) is 1.61. The van der Waals surface area contributed by atoms with Crippen LogP contribution in [0.15, 0.2) is 71.7 Å². The highest BCUT2D eigenvalue weighted by Crippen LogP contribution is 2.46. The van der Waals surface area contributed by atoms with Gasteiger partial charge in [-0.05, 0) is 41.8 Å². The smallest absolute Gasteiger partial charge is 0.180 e. The third kappa shape index (κ3) is 3.25. The summed E-state index contributed by atoms with van der Waals surface area (Å²) < 4.78 is 5.36. The van der Waals surface area contributed by atoms with E-state index in [1.165, 1.54) is 0 Å². The molecule has 4 nitrogen and oxygen atoms in total. The maximum absolute atomic E-state index is 13.7. The van der Waals surface area contributed by atoms with Crippen molar-refractivity contribution in [3.63, 3.8) is 0 Å². The Hall–Kier alpha value is -2.92. The Morgan fingerprint density at radius 3 is 2.62 bits per heavy atom. The van der Waals surface area contributed by atoms with Crippen molar-refractivity contribution in [1.29, 1.82) is 0 Å². The summed E-state index contributed by atoms with van der Waals surface area (Å²) >= 11 is 1.58. The Morgan fingerprint density at radius 2 is 1.90 bits per heavy atom. The van der Waals surface area contributed by atoms with Crippen molar-refractivity contribution in [2.75, 3.05) is 7.11 Å². The molecule has 0 radical (unpaired) electrons. The van der Waals surface area contributed by atoms with E-state index in [-0.39, 0.29) is 11.7 Å². The second kappa shape index (κ2) is 7.84. The van der Waals surface area contributed by atoms with E-state index >= 15 is 0 Å². The van der Waals surface area contributed by atoms with Crippen LogP contribution < -0.4 is 10.5 Å². The molecule has 29 heavy (non-hydrogen) atoms. The summed E-state index contributed by atoms with van der Waals surface area (Å²) in [4.78, 5) is 20.4. The zero-order valence-electron chi connectivity index (χ0n) is 16.6. The number of benzene rings is 2. The van der Waals surface area contributed by atoms with Crippen molar-refractivity contribution in [2.45, 2.75) is 25.3 Å². The fourth-order valence-electron chi connectivity index (χ4n) is 3.95. The van der Waals surface area contributed by atoms with Gasteiger partial charge in [0, 0.05) is 9.75 Å². The van der Waals surface area contributed by atoms with Gasteiger partial charge in [0.15, 0.2) is 11.3 Å². The highest BCUT2D eigenvalue weighted by atomic mass is 32.1. The molecule has 1 aromatic heterocycles. The first-order valence-corrected chi connectivity index (χ1v) is 10.6. The van der Waals surface area contributed by atoms with Gasteiger partial charge in [-0.1, -0.05) is 55.8 Å². The van der Waals surface area contributed by atoms with Gasteiger partial charge < -0.3 is 10.5 Å². The van der Waals surface area contributed by atoms with Crippen LogP contribution in [-0.2, 0) is 10.3 Å². The molecule has 148 valence electrons. The molecule has 2 heterocycles. The Balaban J connectivity index is 1.84. The van der Waals surface area contributed by atoms with Crippen LogP contribution in [0.3, 0.4) is 0 Å². The van der Waals surface area contributed by atoms with Crippen LogP contribution in [0, 0.1) is 5.92 Å². The van der Waals surface area contributed by atoms with Crippen LogP contribution in [-0.4, -0.2) is 18.7 Å². The lowest BCUT2D eigenvalue weighted by Gasteiger charge is -2.25. The number of hydrogen-bond acceptors (Lipinski definition) is 5. The molecule has 5 heteroatoms. The number of carbonyl (C=O) groups excluding carboxylic acids is 1. The SMILES string of the molecule is CCCC1C(=O)C(c2ccccc2)(c2ccc(-c3cccc(OC)c3)s2)N=C1N. The zero-order chi connectivity index (χ0) is 20.4. The molecule has 4 rings (SSSR count). The summed E-state index contributed by atoms with van der Waals surface area (Å²) in [6, 6.07) is 21.8. The Labute approximate surface area is 175 Å². The summed E-state index contributed by atoms with van der Waals surface area (Å²) in [6.45, 7) is 2.06. The van der Waals surface area contributed by atoms with Crippen molar-refractivity contribution < 1.29 is 9.53 Å². The quantitative estimate of drug-likeness (QED) is 0.627. The Bertz CT molecular complexity index is 1060. The molecule has 0 bridgehead atoms. The zero-order valence-corrected chi connectivity index (χ0v) is 17.4. The minimum atomic E-state index is -1.06. The average Bonchev–Trinajstić information content (AvgIpc) is 3.34. The van der Waals surface area contributed by atoms with Crippen molar-refractivity contribution >= 4 is 23.0 Å². The summed E-state index contributed by atoms with van der Waals surface area (Å²) in [5.74, 6) is 0.985. The molecule has 0 fully saturated rings. The number of nitrogens with two attached hydrogens (primary N) is 1. The van der Waals surface area contributed by atoms with Crippen LogP contribution in [0.1, 0.15) is 30.2 Å². The summed E-state index contributed by atoms with van der Waals surface area (Å²) in [5, 5.41) is 0. The molecule has 0 spiro atoms. The predicted molar refractivity (Wildman–Crippen MR) is 119 cm³/mol. The molecule has 2 N–H and O–H groups in total. The third-order valence-corrected chi connectivity index (χ3v) is 6.66. The Kier molecular flexibility index (Phi) is 5.24. The first kappa shape index (κ1) is 19.4. The molecule has 0 amide bonds. The van der Waals surface area contributed by atoms with Gasteiger partial charge >= 0.3 is 0 Å². The van der Waals surface area contributed by atoms with Gasteiger partial charge in [-0.15, -0.1) is 11.3 Å². The van der Waals surface area contributed by atoms with Gasteiger partial charge in [0.05, 0.1) is 13.0 Å². The van der Waals surface area contributed by atoms with Gasteiger partial charge in [0.25, 0.3) is 0 Å². The number of Topliss-reactive ketones (excluding diaryl/α,β-unsaturated/α-hetero) is 1. The Morgan fingerprint density at radius 1 is 1.10 bits per heavy atom. The second-order valence-electron chi connectivity index (χ2n) is 7.21. The van der Waals surface area contributed by atoms with E-state index in [4.69, 9.17) is 15.5 Å². The van der Waals surface area contributed by atoms with E-state index in [1.807, 2.05) is 66.7 Å². The van der Waals surface area contributed by atoms with Gasteiger partial charge in [-0.2, -0.15) is 0 Å². The molecule has 3 aromatic rings. The van der Waals surface area contributed by atoms with Crippen molar-refractivity contribution in [1.82, 2.24) is 0 Å². The van der Waals surface area contributed by atoms with E-state index in [1.54, 1.807) is 18.4 Å². The molecular formula is C24H24N2O2S. The van der Waals surface area contributed by atoms with Crippen LogP contribution >= 0.6 is 11.3 Å². The van der Waals surface area contributed by atoms with E-state index in [0.29, 0.717) is 5.84 Å². The second-order valence-corrected chi connectivity index (χ2v) is 8.30. The topological polar surface area (TPSA) is 64.7 Å². The number of hydrogen-bond donors (Lipinski definition) is 1.